The number of nitrogens with zero attached hydrogens (tertiary/aromatic N) is 3. The molecule has 0 amide bonds. The molecule has 2 aromatic rings. The normalized spacial score (nSPS) is 18.5. The predicted octanol–water partition coefficient (Wildman–Crippen LogP) is 4.94. The number of halogens is 3. The smallest absolute Gasteiger partial charge is 0.390 e. The highest BCUT2D eigenvalue weighted by Gasteiger charge is 2.34. The molecule has 174 valence electrons. The molecule has 0 saturated carbocycles. The van der Waals surface area contributed by atoms with Crippen LogP contribution in [0.4, 0.5) is 24.5 Å². The molecule has 0 aromatic heterocycles. The number of piperidine rings is 1. The lowest BCUT2D eigenvalue weighted by atomic mass is 9.96. The number of alkyl halides is 3. The maximum atomic E-state index is 13.4. The van der Waals surface area contributed by atoms with Crippen molar-refractivity contribution >= 4 is 23.1 Å². The highest BCUT2D eigenvalue weighted by molar-refractivity contribution is 7.99. The molecule has 2 heterocycles. The number of rotatable bonds is 6. The minimum absolute atomic E-state index is 0.253. The molecule has 0 bridgehead atoms. The predicted molar refractivity (Wildman–Crippen MR) is 123 cm³/mol. The van der Waals surface area contributed by atoms with Gasteiger partial charge in [0.15, 0.2) is 0 Å². The molecule has 1 fully saturated rings. The average Bonchev–Trinajstić information content (AvgIpc) is 2.73. The van der Waals surface area contributed by atoms with Crippen LogP contribution in [0.2, 0.25) is 0 Å². The first-order valence-electron chi connectivity index (χ1n) is 11.0. The van der Waals surface area contributed by atoms with Crippen molar-refractivity contribution in [3.8, 4) is 0 Å². The molecule has 2 aliphatic heterocycles. The maximum absolute atomic E-state index is 13.4. The van der Waals surface area contributed by atoms with E-state index >= 15 is 0 Å². The second-order valence-corrected chi connectivity index (χ2v) is 10.1. The van der Waals surface area contributed by atoms with E-state index in [0.29, 0.717) is 18.2 Å². The molecule has 1 N–H and O–H groups in total. The highest BCUT2D eigenvalue weighted by Crippen LogP contribution is 2.49. The molecule has 1 unspecified atom stereocenters. The minimum atomic E-state index is -4.40. The van der Waals surface area contributed by atoms with Gasteiger partial charge in [0, 0.05) is 22.9 Å². The van der Waals surface area contributed by atoms with Gasteiger partial charge in [0.05, 0.1) is 29.6 Å². The lowest BCUT2D eigenvalue weighted by Gasteiger charge is -2.37. The van der Waals surface area contributed by atoms with E-state index in [1.54, 1.807) is 0 Å². The monoisotopic (exact) mass is 465 g/mol. The maximum Gasteiger partial charge on any atom is 0.416 e. The summed E-state index contributed by atoms with van der Waals surface area (Å²) in [6.07, 6.45) is -2.87. The zero-order valence-electron chi connectivity index (χ0n) is 18.5. The number of anilines is 2. The lowest BCUT2D eigenvalue weighted by molar-refractivity contribution is -0.137. The fraction of sp³-hybridized carbons (Fsp3) is 0.500. The number of aliphatic hydroxyl groups is 1. The summed E-state index contributed by atoms with van der Waals surface area (Å²) in [7, 11) is 4.18. The fourth-order valence-electron chi connectivity index (χ4n) is 4.64. The SMILES string of the molecule is CN(C)CC1CCN(CC(O)CN2c3ccccc3Sc3ccc(C(F)(F)F)cc32)CC1. The van der Waals surface area contributed by atoms with Crippen LogP contribution in [-0.4, -0.2) is 67.8 Å². The number of hydrogen-bond acceptors (Lipinski definition) is 5. The van der Waals surface area contributed by atoms with E-state index in [2.05, 4.69) is 23.9 Å². The van der Waals surface area contributed by atoms with Crippen LogP contribution in [-0.2, 0) is 6.18 Å². The molecule has 0 aliphatic carbocycles. The summed E-state index contributed by atoms with van der Waals surface area (Å²) in [6.45, 7) is 3.74. The number of β-amino-alcohol motifs (C(OH)–C–C–N with tert-alkyl or cyclic N) is 1. The minimum Gasteiger partial charge on any atom is -0.390 e. The van der Waals surface area contributed by atoms with Crippen LogP contribution < -0.4 is 4.90 Å². The standard InChI is InChI=1S/C24H30F3N3OS/c1-28(2)14-17-9-11-29(12-10-17)15-19(31)16-30-20-5-3-4-6-22(20)32-23-8-7-18(13-21(23)30)24(25,26)27/h3-8,13,17,19,31H,9-12,14-16H2,1-2H3. The van der Waals surface area contributed by atoms with Crippen LogP contribution in [0.1, 0.15) is 18.4 Å². The van der Waals surface area contributed by atoms with E-state index < -0.39 is 17.8 Å². The lowest BCUT2D eigenvalue weighted by Crippen LogP contribution is -2.44. The van der Waals surface area contributed by atoms with Crippen molar-refractivity contribution in [2.24, 2.45) is 5.92 Å². The molecule has 1 atom stereocenters. The Hall–Kier alpha value is -1.74. The van der Waals surface area contributed by atoms with Crippen LogP contribution in [0, 0.1) is 5.92 Å². The Morgan fingerprint density at radius 1 is 1.03 bits per heavy atom. The molecule has 4 nitrogen and oxygen atoms in total. The number of fused-ring (bicyclic) bond motifs is 2. The van der Waals surface area contributed by atoms with Crippen molar-refractivity contribution < 1.29 is 18.3 Å². The van der Waals surface area contributed by atoms with Crippen molar-refractivity contribution in [2.75, 3.05) is 51.7 Å². The first-order chi connectivity index (χ1) is 15.2. The Morgan fingerprint density at radius 2 is 1.72 bits per heavy atom. The summed E-state index contributed by atoms with van der Waals surface area (Å²) in [5.74, 6) is 0.678. The van der Waals surface area contributed by atoms with Gasteiger partial charge in [-0.15, -0.1) is 0 Å². The molecule has 0 radical (unpaired) electrons. The third-order valence-electron chi connectivity index (χ3n) is 6.15. The second-order valence-electron chi connectivity index (χ2n) is 9.02. The summed E-state index contributed by atoms with van der Waals surface area (Å²) < 4.78 is 40.1. The molecular formula is C24H30F3N3OS. The van der Waals surface area contributed by atoms with E-state index in [-0.39, 0.29) is 6.54 Å². The van der Waals surface area contributed by atoms with Crippen LogP contribution in [0.3, 0.4) is 0 Å². The Labute approximate surface area is 192 Å². The van der Waals surface area contributed by atoms with Gasteiger partial charge in [0.1, 0.15) is 0 Å². The van der Waals surface area contributed by atoms with Crippen LogP contribution >= 0.6 is 11.8 Å². The van der Waals surface area contributed by atoms with Crippen molar-refractivity contribution in [3.05, 3.63) is 48.0 Å². The summed E-state index contributed by atoms with van der Waals surface area (Å²) in [5.41, 5.74) is 0.680. The Bertz CT molecular complexity index is 929. The number of aliphatic hydroxyl groups excluding tert-OH is 1. The third kappa shape index (κ3) is 5.42. The van der Waals surface area contributed by atoms with Crippen LogP contribution in [0.25, 0.3) is 0 Å². The molecule has 2 aliphatic rings. The van der Waals surface area contributed by atoms with Gasteiger partial charge in [0.2, 0.25) is 0 Å². The van der Waals surface area contributed by atoms with Crippen LogP contribution in [0.5, 0.6) is 0 Å². The number of hydrogen-bond donors (Lipinski definition) is 1. The van der Waals surface area contributed by atoms with E-state index in [4.69, 9.17) is 0 Å². The fourth-order valence-corrected chi connectivity index (χ4v) is 5.71. The van der Waals surface area contributed by atoms with Crippen molar-refractivity contribution in [2.45, 2.75) is 34.9 Å². The Morgan fingerprint density at radius 3 is 2.41 bits per heavy atom. The zero-order valence-corrected chi connectivity index (χ0v) is 19.3. The Kier molecular flexibility index (Phi) is 7.05. The molecule has 0 spiro atoms. The molecular weight excluding hydrogens is 435 g/mol. The largest absolute Gasteiger partial charge is 0.416 e. The van der Waals surface area contributed by atoms with Gasteiger partial charge in [-0.2, -0.15) is 13.2 Å². The summed E-state index contributed by atoms with van der Waals surface area (Å²) in [4.78, 5) is 8.09. The van der Waals surface area contributed by atoms with Gasteiger partial charge in [-0.1, -0.05) is 23.9 Å². The zero-order chi connectivity index (χ0) is 22.9. The summed E-state index contributed by atoms with van der Waals surface area (Å²) in [6, 6.07) is 11.6. The number of benzene rings is 2. The summed E-state index contributed by atoms with van der Waals surface area (Å²) in [5, 5.41) is 10.9. The van der Waals surface area contributed by atoms with Gasteiger partial charge in [0.25, 0.3) is 0 Å². The van der Waals surface area contributed by atoms with Crippen molar-refractivity contribution in [1.82, 2.24) is 9.80 Å². The number of para-hydroxylation sites is 1. The first-order valence-corrected chi connectivity index (χ1v) is 11.8. The van der Waals surface area contributed by atoms with Gasteiger partial charge < -0.3 is 19.8 Å². The molecule has 8 heteroatoms. The number of likely N-dealkylation sites (tertiary alicyclic amines) is 1. The molecule has 32 heavy (non-hydrogen) atoms. The average molecular weight is 466 g/mol. The molecule has 4 rings (SSSR count). The first kappa shape index (κ1) is 23.4. The quantitative estimate of drug-likeness (QED) is 0.653. The highest BCUT2D eigenvalue weighted by atomic mass is 32.2. The van der Waals surface area contributed by atoms with Crippen LogP contribution in [0.15, 0.2) is 52.3 Å². The van der Waals surface area contributed by atoms with E-state index in [1.807, 2.05) is 29.2 Å². The second kappa shape index (κ2) is 9.63. The molecule has 2 aromatic carbocycles. The van der Waals surface area contributed by atoms with Gasteiger partial charge >= 0.3 is 6.18 Å². The topological polar surface area (TPSA) is 30.0 Å². The molecule has 1 saturated heterocycles. The summed E-state index contributed by atoms with van der Waals surface area (Å²) >= 11 is 1.47. The van der Waals surface area contributed by atoms with Gasteiger partial charge in [-0.25, -0.2) is 0 Å². The van der Waals surface area contributed by atoms with Gasteiger partial charge in [-0.05, 0) is 76.3 Å². The van der Waals surface area contributed by atoms with E-state index in [9.17, 15) is 18.3 Å². The van der Waals surface area contributed by atoms with E-state index in [0.717, 1.165) is 54.0 Å². The third-order valence-corrected chi connectivity index (χ3v) is 7.28. The van der Waals surface area contributed by atoms with Gasteiger partial charge in [-0.3, -0.25) is 0 Å². The van der Waals surface area contributed by atoms with Crippen molar-refractivity contribution in [3.63, 3.8) is 0 Å². The van der Waals surface area contributed by atoms with E-state index in [1.165, 1.54) is 23.9 Å². The Balaban J connectivity index is 1.49. The van der Waals surface area contributed by atoms with Crippen molar-refractivity contribution in [1.29, 1.82) is 0 Å².